The summed E-state index contributed by atoms with van der Waals surface area (Å²) in [5.41, 5.74) is 2.20. The number of hydrogen-bond donors (Lipinski definition) is 0. The van der Waals surface area contributed by atoms with Crippen LogP contribution in [-0.2, 0) is 13.6 Å². The molecule has 0 saturated heterocycles. The van der Waals surface area contributed by atoms with Crippen molar-refractivity contribution in [1.29, 1.82) is 0 Å². The van der Waals surface area contributed by atoms with Gasteiger partial charge in [-0.3, -0.25) is 9.78 Å². The van der Waals surface area contributed by atoms with E-state index < -0.39 is 11.6 Å². The van der Waals surface area contributed by atoms with Gasteiger partial charge in [0.1, 0.15) is 5.69 Å². The van der Waals surface area contributed by atoms with Gasteiger partial charge in [0.25, 0.3) is 5.91 Å². The van der Waals surface area contributed by atoms with E-state index in [2.05, 4.69) is 9.97 Å². The molecule has 0 saturated carbocycles. The highest BCUT2D eigenvalue weighted by Gasteiger charge is 2.21. The first-order chi connectivity index (χ1) is 12.8. The molecule has 1 amide bonds. The van der Waals surface area contributed by atoms with Crippen molar-refractivity contribution in [2.45, 2.75) is 26.4 Å². The number of carbonyl (C=O) groups excluding carboxylic acids is 1. The lowest BCUT2D eigenvalue weighted by Gasteiger charge is -2.26. The minimum absolute atomic E-state index is 0.0422. The van der Waals surface area contributed by atoms with Gasteiger partial charge >= 0.3 is 0 Å². The van der Waals surface area contributed by atoms with Gasteiger partial charge in [-0.25, -0.2) is 13.8 Å². The van der Waals surface area contributed by atoms with E-state index in [0.29, 0.717) is 23.5 Å². The Balaban J connectivity index is 1.86. The zero-order chi connectivity index (χ0) is 19.6. The first-order valence-electron chi connectivity index (χ1n) is 8.54. The van der Waals surface area contributed by atoms with Crippen molar-refractivity contribution in [3.8, 4) is 11.3 Å². The van der Waals surface area contributed by atoms with Crippen LogP contribution in [0.3, 0.4) is 0 Å². The average molecular weight is 370 g/mol. The standard InChI is InChI=1S/C20H20F2N4O/c1-13(2)26(20(27)19-11-25(3)12-24-19)10-14-6-7-23-18(8-14)15-4-5-16(21)17(22)9-15/h4-9,11-13H,10H2,1-3H3. The monoisotopic (exact) mass is 370 g/mol. The number of aryl methyl sites for hydroxylation is 1. The van der Waals surface area contributed by atoms with Crippen LogP contribution < -0.4 is 0 Å². The molecule has 140 valence electrons. The smallest absolute Gasteiger partial charge is 0.274 e. The fraction of sp³-hybridized carbons (Fsp3) is 0.250. The van der Waals surface area contributed by atoms with Crippen LogP contribution in [0.5, 0.6) is 0 Å². The van der Waals surface area contributed by atoms with Gasteiger partial charge in [-0.05, 0) is 49.7 Å². The summed E-state index contributed by atoms with van der Waals surface area (Å²) in [5.74, 6) is -1.99. The first-order valence-corrected chi connectivity index (χ1v) is 8.54. The Morgan fingerprint density at radius 2 is 1.93 bits per heavy atom. The van der Waals surface area contributed by atoms with Crippen molar-refractivity contribution < 1.29 is 13.6 Å². The van der Waals surface area contributed by atoms with Gasteiger partial charge in [0.05, 0.1) is 12.0 Å². The maximum atomic E-state index is 13.5. The SMILES string of the molecule is CC(C)N(Cc1ccnc(-c2ccc(F)c(F)c2)c1)C(=O)c1cn(C)cn1. The Morgan fingerprint density at radius 1 is 1.15 bits per heavy atom. The van der Waals surface area contributed by atoms with Gasteiger partial charge in [-0.15, -0.1) is 0 Å². The van der Waals surface area contributed by atoms with Crippen molar-refractivity contribution in [1.82, 2.24) is 19.4 Å². The Morgan fingerprint density at radius 3 is 2.56 bits per heavy atom. The van der Waals surface area contributed by atoms with E-state index in [0.717, 1.165) is 17.7 Å². The molecule has 7 heteroatoms. The third-order valence-electron chi connectivity index (χ3n) is 4.20. The summed E-state index contributed by atoms with van der Waals surface area (Å²) < 4.78 is 28.4. The zero-order valence-corrected chi connectivity index (χ0v) is 15.4. The van der Waals surface area contributed by atoms with Crippen LogP contribution in [0.4, 0.5) is 8.78 Å². The molecule has 27 heavy (non-hydrogen) atoms. The number of aromatic nitrogens is 3. The average Bonchev–Trinajstić information content (AvgIpc) is 3.08. The van der Waals surface area contributed by atoms with E-state index >= 15 is 0 Å². The second-order valence-electron chi connectivity index (χ2n) is 6.63. The van der Waals surface area contributed by atoms with Gasteiger partial charge in [0.15, 0.2) is 11.6 Å². The highest BCUT2D eigenvalue weighted by Crippen LogP contribution is 2.21. The third kappa shape index (κ3) is 4.19. The molecule has 0 aliphatic carbocycles. The Bertz CT molecular complexity index is 968. The number of benzene rings is 1. The lowest BCUT2D eigenvalue weighted by Crippen LogP contribution is -2.36. The quantitative estimate of drug-likeness (QED) is 0.686. The summed E-state index contributed by atoms with van der Waals surface area (Å²) in [5, 5.41) is 0. The molecular formula is C20H20F2N4O. The summed E-state index contributed by atoms with van der Waals surface area (Å²) in [4.78, 5) is 22.8. The fourth-order valence-corrected chi connectivity index (χ4v) is 2.74. The van der Waals surface area contributed by atoms with Gasteiger partial charge in [-0.1, -0.05) is 0 Å². The lowest BCUT2D eigenvalue weighted by atomic mass is 10.1. The predicted octanol–water partition coefficient (Wildman–Crippen LogP) is 3.81. The zero-order valence-electron chi connectivity index (χ0n) is 15.4. The van der Waals surface area contributed by atoms with E-state index in [9.17, 15) is 13.6 Å². The lowest BCUT2D eigenvalue weighted by molar-refractivity contribution is 0.0684. The van der Waals surface area contributed by atoms with Crippen LogP contribution in [0.1, 0.15) is 29.9 Å². The summed E-state index contributed by atoms with van der Waals surface area (Å²) in [6, 6.07) is 7.19. The van der Waals surface area contributed by atoms with Crippen LogP contribution in [0, 0.1) is 11.6 Å². The highest BCUT2D eigenvalue weighted by molar-refractivity contribution is 5.92. The molecule has 3 rings (SSSR count). The molecule has 0 bridgehead atoms. The number of carbonyl (C=O) groups is 1. The summed E-state index contributed by atoms with van der Waals surface area (Å²) in [7, 11) is 1.81. The number of imidazole rings is 1. The predicted molar refractivity (Wildman–Crippen MR) is 97.8 cm³/mol. The van der Waals surface area contributed by atoms with E-state index in [4.69, 9.17) is 0 Å². The minimum Gasteiger partial charge on any atom is -0.340 e. The van der Waals surface area contributed by atoms with Gasteiger partial charge in [-0.2, -0.15) is 0 Å². The number of halogens is 2. The van der Waals surface area contributed by atoms with Gasteiger partial charge in [0.2, 0.25) is 0 Å². The second kappa shape index (κ2) is 7.65. The van der Waals surface area contributed by atoms with E-state index in [-0.39, 0.29) is 11.9 Å². The van der Waals surface area contributed by atoms with E-state index in [1.807, 2.05) is 13.8 Å². The fourth-order valence-electron chi connectivity index (χ4n) is 2.74. The summed E-state index contributed by atoms with van der Waals surface area (Å²) in [6.45, 7) is 4.21. The van der Waals surface area contributed by atoms with Crippen molar-refractivity contribution in [3.63, 3.8) is 0 Å². The van der Waals surface area contributed by atoms with E-state index in [1.165, 1.54) is 6.07 Å². The maximum absolute atomic E-state index is 13.5. The molecule has 0 fully saturated rings. The van der Waals surface area contributed by atoms with Gasteiger partial charge < -0.3 is 9.47 Å². The normalized spacial score (nSPS) is 11.0. The topological polar surface area (TPSA) is 51.0 Å². The number of rotatable bonds is 5. The molecule has 3 aromatic rings. The molecule has 2 aromatic heterocycles. The minimum atomic E-state index is -0.922. The molecule has 1 aromatic carbocycles. The Labute approximate surface area is 156 Å². The first kappa shape index (κ1) is 18.7. The van der Waals surface area contributed by atoms with Crippen molar-refractivity contribution in [2.24, 2.45) is 7.05 Å². The second-order valence-corrected chi connectivity index (χ2v) is 6.63. The van der Waals surface area contributed by atoms with Crippen LogP contribution in [0.2, 0.25) is 0 Å². The van der Waals surface area contributed by atoms with Gasteiger partial charge in [0, 0.05) is 37.6 Å². The number of pyridine rings is 1. The number of hydrogen-bond acceptors (Lipinski definition) is 3. The van der Waals surface area contributed by atoms with Crippen LogP contribution in [0.25, 0.3) is 11.3 Å². The molecule has 0 aliphatic heterocycles. The highest BCUT2D eigenvalue weighted by atomic mass is 19.2. The number of nitrogens with zero attached hydrogens (tertiary/aromatic N) is 4. The largest absolute Gasteiger partial charge is 0.340 e. The molecule has 0 aliphatic rings. The molecule has 0 N–H and O–H groups in total. The van der Waals surface area contributed by atoms with Crippen molar-refractivity contribution in [3.05, 3.63) is 71.9 Å². The van der Waals surface area contributed by atoms with Crippen molar-refractivity contribution in [2.75, 3.05) is 0 Å². The van der Waals surface area contributed by atoms with E-state index in [1.54, 1.807) is 47.4 Å². The maximum Gasteiger partial charge on any atom is 0.274 e. The number of amides is 1. The molecule has 0 radical (unpaired) electrons. The Hall–Kier alpha value is -3.09. The Kier molecular flexibility index (Phi) is 5.30. The third-order valence-corrected chi connectivity index (χ3v) is 4.20. The van der Waals surface area contributed by atoms with Crippen LogP contribution >= 0.6 is 0 Å². The van der Waals surface area contributed by atoms with Crippen LogP contribution in [-0.4, -0.2) is 31.4 Å². The van der Waals surface area contributed by atoms with Crippen LogP contribution in [0.15, 0.2) is 49.1 Å². The molecule has 5 nitrogen and oxygen atoms in total. The molecule has 0 atom stereocenters. The molecule has 0 spiro atoms. The van der Waals surface area contributed by atoms with Crippen molar-refractivity contribution >= 4 is 5.91 Å². The summed E-state index contributed by atoms with van der Waals surface area (Å²) in [6.07, 6.45) is 4.85. The molecule has 2 heterocycles. The molecule has 0 unspecified atom stereocenters. The molecular weight excluding hydrogens is 350 g/mol. The summed E-state index contributed by atoms with van der Waals surface area (Å²) >= 11 is 0.